The van der Waals surface area contributed by atoms with E-state index in [2.05, 4.69) is 144 Å². The molecule has 0 N–H and O–H groups in total. The summed E-state index contributed by atoms with van der Waals surface area (Å²) in [6, 6.07) is 0. The summed E-state index contributed by atoms with van der Waals surface area (Å²) in [5, 5.41) is 0. The van der Waals surface area contributed by atoms with Gasteiger partial charge in [-0.1, -0.05) is 0 Å². The van der Waals surface area contributed by atoms with Crippen LogP contribution in [-0.4, -0.2) is 97.0 Å². The Morgan fingerprint density at radius 1 is 0.317 bits per heavy atom. The summed E-state index contributed by atoms with van der Waals surface area (Å²) >= 11 is 0. The molecule has 2 atom stereocenters. The van der Waals surface area contributed by atoms with Gasteiger partial charge in [0.05, 0.1) is 0 Å². The summed E-state index contributed by atoms with van der Waals surface area (Å²) in [6.45, 7) is 47.7. The molecular weight excluding hydrogens is 701 g/mol. The molecule has 0 heterocycles. The van der Waals surface area contributed by atoms with Crippen LogP contribution in [0.3, 0.4) is 0 Å². The van der Waals surface area contributed by atoms with E-state index in [1.165, 1.54) is 0 Å². The normalized spacial score (nSPS) is 15.1. The lowest BCUT2D eigenvalue weighted by molar-refractivity contribution is 0.352. The Bertz CT molecular complexity index is 659. The molecule has 0 aliphatic carbocycles. The van der Waals surface area contributed by atoms with Gasteiger partial charge < -0.3 is 32.9 Å². The lowest BCUT2D eigenvalue weighted by Gasteiger charge is -2.34. The molecule has 0 aromatic heterocycles. The van der Waals surface area contributed by atoms with Crippen molar-refractivity contribution >= 4 is 97.0 Å². The zero-order valence-electron chi connectivity index (χ0n) is 31.2. The lowest BCUT2D eigenvalue weighted by Crippen LogP contribution is -2.49. The molecule has 0 aliphatic heterocycles. The van der Waals surface area contributed by atoms with Gasteiger partial charge in [-0.2, -0.15) is 0 Å². The van der Waals surface area contributed by atoms with Gasteiger partial charge in [-0.05, 0) is 144 Å². The zero-order chi connectivity index (χ0) is 33.6. The van der Waals surface area contributed by atoms with Gasteiger partial charge in [0, 0.05) is 0 Å². The summed E-state index contributed by atoms with van der Waals surface area (Å²) in [5.41, 5.74) is 0. The van der Waals surface area contributed by atoms with Gasteiger partial charge in [-0.25, -0.2) is 0 Å². The first-order valence-corrected chi connectivity index (χ1v) is 45.9. The molecule has 41 heavy (non-hydrogen) atoms. The van der Waals surface area contributed by atoms with Crippen LogP contribution >= 0.6 is 0 Å². The van der Waals surface area contributed by atoms with Crippen LogP contribution in [0.2, 0.25) is 144 Å². The van der Waals surface area contributed by atoms with Crippen molar-refractivity contribution in [3.05, 3.63) is 0 Å². The van der Waals surface area contributed by atoms with E-state index in [1.807, 2.05) is 0 Å². The summed E-state index contributed by atoms with van der Waals surface area (Å²) in [7, 11) is -15.2. The SMILES string of the molecule is C[SiH](C)O[SiH](C)O[Si](C)(C)O[SiH](C)C.C[SiH](C)O[Si](C)(C)O[SiH](C)C.C[SiH](O[Si](C)(C)C)O[Si](C)(C)O[Si](C)(C)C. The van der Waals surface area contributed by atoms with Crippen molar-refractivity contribution in [1.82, 2.24) is 0 Å². The standard InChI is InChI=1S/C9H28O3Si4.C7H24O3Si4.C6H20O2Si3/c1-13(10-14(2,3)4)11-16(8,9)12-15(5,6)7;1-11(2)8-13(5)10-14(6,7)9-12(3)4;1-9(2)7-11(5,6)8-10(3)4/h13H,1-9H3;11-13H,1-7H3;9-10H,1-6H3. The zero-order valence-corrected chi connectivity index (χ0v) is 43.2. The van der Waals surface area contributed by atoms with E-state index in [4.69, 9.17) is 32.9 Å². The van der Waals surface area contributed by atoms with Crippen molar-refractivity contribution in [3.8, 4) is 0 Å². The quantitative estimate of drug-likeness (QED) is 0.165. The largest absolute Gasteiger partial charge is 0.442 e. The maximum atomic E-state index is 6.14. The Morgan fingerprint density at radius 2 is 0.634 bits per heavy atom. The molecule has 8 nitrogen and oxygen atoms in total. The van der Waals surface area contributed by atoms with Gasteiger partial charge in [0.25, 0.3) is 18.6 Å². The van der Waals surface area contributed by atoms with Gasteiger partial charge in [-0.3, -0.25) is 0 Å². The molecule has 0 fully saturated rings. The van der Waals surface area contributed by atoms with E-state index in [-0.39, 0.29) is 0 Å². The third-order valence-electron chi connectivity index (χ3n) is 3.99. The van der Waals surface area contributed by atoms with Crippen LogP contribution in [0.25, 0.3) is 0 Å². The molecule has 0 aliphatic rings. The van der Waals surface area contributed by atoms with Crippen LogP contribution in [0.15, 0.2) is 0 Å². The van der Waals surface area contributed by atoms with Crippen LogP contribution in [0.5, 0.6) is 0 Å². The first kappa shape index (κ1) is 47.5. The van der Waals surface area contributed by atoms with Crippen molar-refractivity contribution < 1.29 is 32.9 Å². The summed E-state index contributed by atoms with van der Waals surface area (Å²) < 4.78 is 47.6. The predicted molar refractivity (Wildman–Crippen MR) is 209 cm³/mol. The second-order valence-corrected chi connectivity index (χ2v) is 49.8. The average molecular weight is 774 g/mol. The van der Waals surface area contributed by atoms with Crippen molar-refractivity contribution in [1.29, 1.82) is 0 Å². The molecule has 0 rings (SSSR count). The molecule has 0 bridgehead atoms. The topological polar surface area (TPSA) is 73.8 Å². The highest BCUT2D eigenvalue weighted by molar-refractivity contribution is 6.85. The van der Waals surface area contributed by atoms with E-state index in [0.717, 1.165) is 0 Å². The molecule has 2 unspecified atom stereocenters. The van der Waals surface area contributed by atoms with Gasteiger partial charge in [0.15, 0.2) is 52.8 Å². The van der Waals surface area contributed by atoms with Gasteiger partial charge in [0.2, 0.25) is 0 Å². The monoisotopic (exact) mass is 772 g/mol. The second-order valence-electron chi connectivity index (χ2n) is 14.7. The van der Waals surface area contributed by atoms with Crippen LogP contribution in [0, 0.1) is 0 Å². The minimum absolute atomic E-state index is 0.895. The van der Waals surface area contributed by atoms with Gasteiger partial charge in [0.1, 0.15) is 0 Å². The highest BCUT2D eigenvalue weighted by Crippen LogP contribution is 2.18. The lowest BCUT2D eigenvalue weighted by atomic mass is 11.8. The Kier molecular flexibility index (Phi) is 24.4. The molecule has 0 aromatic carbocycles. The molecule has 0 saturated carbocycles. The molecule has 19 heteroatoms. The first-order valence-electron chi connectivity index (χ1n) is 15.3. The molecule has 252 valence electrons. The van der Waals surface area contributed by atoms with E-state index >= 15 is 0 Å². The summed E-state index contributed by atoms with van der Waals surface area (Å²) in [5.74, 6) is 0. The Hall–Kier alpha value is 2.07. The fraction of sp³-hybridized carbons (Fsp3) is 1.00. The number of rotatable bonds is 16. The highest BCUT2D eigenvalue weighted by Gasteiger charge is 2.35. The maximum Gasteiger partial charge on any atom is 0.312 e. The van der Waals surface area contributed by atoms with Crippen LogP contribution in [-0.2, 0) is 32.9 Å². The van der Waals surface area contributed by atoms with E-state index in [9.17, 15) is 0 Å². The minimum Gasteiger partial charge on any atom is -0.442 e. The van der Waals surface area contributed by atoms with Gasteiger partial charge >= 0.3 is 25.7 Å². The molecule has 0 aromatic rings. The molecule has 0 amide bonds. The Morgan fingerprint density at radius 3 is 0.902 bits per heavy atom. The molecular formula is C22H72O8Si11. The van der Waals surface area contributed by atoms with Crippen molar-refractivity contribution in [2.45, 2.75) is 144 Å². The van der Waals surface area contributed by atoms with Crippen molar-refractivity contribution in [2.24, 2.45) is 0 Å². The predicted octanol–water partition coefficient (Wildman–Crippen LogP) is 6.50. The second kappa shape index (κ2) is 21.0. The Balaban J connectivity index is -0.000000538. The molecule has 0 saturated heterocycles. The van der Waals surface area contributed by atoms with E-state index in [1.54, 1.807) is 0 Å². The van der Waals surface area contributed by atoms with Crippen molar-refractivity contribution in [3.63, 3.8) is 0 Å². The molecule has 0 radical (unpaired) electrons. The highest BCUT2D eigenvalue weighted by atomic mass is 28.5. The third kappa shape index (κ3) is 38.2. The van der Waals surface area contributed by atoms with Crippen LogP contribution < -0.4 is 0 Å². The smallest absolute Gasteiger partial charge is 0.312 e. The Labute approximate surface area is 272 Å². The van der Waals surface area contributed by atoms with E-state index in [0.29, 0.717) is 0 Å². The van der Waals surface area contributed by atoms with Crippen LogP contribution in [0.4, 0.5) is 0 Å². The minimum atomic E-state index is -1.98. The van der Waals surface area contributed by atoms with Gasteiger partial charge in [-0.15, -0.1) is 0 Å². The maximum absolute atomic E-state index is 6.14. The summed E-state index contributed by atoms with van der Waals surface area (Å²) in [4.78, 5) is 0. The number of hydrogen-bond donors (Lipinski definition) is 0. The number of hydrogen-bond acceptors (Lipinski definition) is 8. The fourth-order valence-electron chi connectivity index (χ4n) is 4.25. The molecule has 0 spiro atoms. The van der Waals surface area contributed by atoms with Crippen molar-refractivity contribution in [2.75, 3.05) is 0 Å². The average Bonchev–Trinajstić information content (AvgIpc) is 2.52. The fourth-order valence-corrected chi connectivity index (χ4v) is 40.6. The summed E-state index contributed by atoms with van der Waals surface area (Å²) in [6.07, 6.45) is 0. The third-order valence-corrected chi connectivity index (χ3v) is 35.9. The van der Waals surface area contributed by atoms with Crippen LogP contribution in [0.1, 0.15) is 0 Å². The van der Waals surface area contributed by atoms with E-state index < -0.39 is 97.0 Å². The first-order chi connectivity index (χ1) is 17.9.